The number of anilines is 1. The van der Waals surface area contributed by atoms with Crippen molar-refractivity contribution < 1.29 is 19.1 Å². The van der Waals surface area contributed by atoms with E-state index in [2.05, 4.69) is 10.3 Å². The second-order valence-corrected chi connectivity index (χ2v) is 9.42. The minimum atomic E-state index is -0.588. The van der Waals surface area contributed by atoms with E-state index >= 15 is 0 Å². The fraction of sp³-hybridized carbons (Fsp3) is 0.320. The summed E-state index contributed by atoms with van der Waals surface area (Å²) in [6.45, 7) is 2.70. The Morgan fingerprint density at radius 1 is 1.31 bits per heavy atom. The number of thioether (sulfide) groups is 1. The zero-order valence-corrected chi connectivity index (χ0v) is 20.1. The molecule has 0 saturated carbocycles. The Morgan fingerprint density at radius 2 is 2.09 bits per heavy atom. The maximum absolute atomic E-state index is 13.4. The van der Waals surface area contributed by atoms with Crippen LogP contribution in [0.3, 0.4) is 0 Å². The maximum Gasteiger partial charge on any atom is 0.337 e. The van der Waals surface area contributed by atoms with Crippen molar-refractivity contribution in [2.45, 2.75) is 42.8 Å². The summed E-state index contributed by atoms with van der Waals surface area (Å²) in [4.78, 5) is 42.9. The first-order valence-corrected chi connectivity index (χ1v) is 12.0. The average Bonchev–Trinajstić information content (AvgIpc) is 3.39. The van der Waals surface area contributed by atoms with E-state index in [1.54, 1.807) is 41.8 Å². The van der Waals surface area contributed by atoms with E-state index in [1.807, 2.05) is 6.07 Å². The fourth-order valence-corrected chi connectivity index (χ4v) is 4.69. The Bertz CT molecular complexity index is 1360. The van der Waals surface area contributed by atoms with Crippen LogP contribution in [0.1, 0.15) is 35.7 Å². The largest absolute Gasteiger partial charge is 0.465 e. The predicted octanol–water partition coefficient (Wildman–Crippen LogP) is 3.35. The molecule has 2 heterocycles. The van der Waals surface area contributed by atoms with E-state index in [0.717, 1.165) is 24.6 Å². The first-order valence-electron chi connectivity index (χ1n) is 11.1. The number of carbonyl (C=O) groups excluding carboxylic acids is 2. The summed E-state index contributed by atoms with van der Waals surface area (Å²) in [6.07, 6.45) is 1.66. The van der Waals surface area contributed by atoms with Crippen LogP contribution in [0.25, 0.3) is 10.9 Å². The highest BCUT2D eigenvalue weighted by Crippen LogP contribution is 2.26. The molecule has 2 aromatic carbocycles. The van der Waals surface area contributed by atoms with Crippen molar-refractivity contribution in [3.05, 3.63) is 63.9 Å². The number of amides is 1. The number of fused-ring (bicyclic) bond motifs is 1. The molecule has 1 amide bonds. The van der Waals surface area contributed by atoms with Crippen molar-refractivity contribution in [1.82, 2.24) is 9.55 Å². The second kappa shape index (κ2) is 10.7. The third-order valence-corrected chi connectivity index (χ3v) is 6.77. The second-order valence-electron chi connectivity index (χ2n) is 8.11. The molecular formula is C25H24N4O5S. The number of rotatable bonds is 7. The Balaban J connectivity index is 1.65. The lowest BCUT2D eigenvalue weighted by atomic mass is 10.1. The fourth-order valence-electron chi connectivity index (χ4n) is 3.77. The molecular weight excluding hydrogens is 468 g/mol. The zero-order chi connectivity index (χ0) is 24.9. The zero-order valence-electron chi connectivity index (χ0n) is 19.3. The summed E-state index contributed by atoms with van der Waals surface area (Å²) in [6, 6.07) is 13.2. The third kappa shape index (κ3) is 5.53. The van der Waals surface area contributed by atoms with Gasteiger partial charge >= 0.3 is 5.97 Å². The first-order chi connectivity index (χ1) is 16.9. The molecule has 180 valence electrons. The Morgan fingerprint density at radius 3 is 2.74 bits per heavy atom. The molecule has 2 atom stereocenters. The average molecular weight is 493 g/mol. The van der Waals surface area contributed by atoms with Crippen molar-refractivity contribution in [1.29, 1.82) is 5.26 Å². The lowest BCUT2D eigenvalue weighted by molar-refractivity contribution is -0.115. The number of nitrogens with one attached hydrogen (secondary N) is 1. The van der Waals surface area contributed by atoms with Gasteiger partial charge in [0, 0.05) is 12.3 Å². The van der Waals surface area contributed by atoms with Gasteiger partial charge in [-0.1, -0.05) is 11.8 Å². The van der Waals surface area contributed by atoms with Crippen molar-refractivity contribution in [3.8, 4) is 6.07 Å². The van der Waals surface area contributed by atoms with Gasteiger partial charge in [-0.2, -0.15) is 5.26 Å². The SMILES string of the molecule is COC(=O)c1ccc2c(=O)n(CC3CCCO3)c(SC(C)C(=O)Nc3ccc(C#N)cc3)nc2c1. The molecule has 35 heavy (non-hydrogen) atoms. The van der Waals surface area contributed by atoms with E-state index in [4.69, 9.17) is 14.7 Å². The van der Waals surface area contributed by atoms with Crippen LogP contribution in [-0.2, 0) is 20.8 Å². The molecule has 1 N–H and O–H groups in total. The van der Waals surface area contributed by atoms with Crippen LogP contribution in [-0.4, -0.2) is 46.5 Å². The van der Waals surface area contributed by atoms with Gasteiger partial charge in [-0.15, -0.1) is 0 Å². The van der Waals surface area contributed by atoms with Crippen molar-refractivity contribution >= 4 is 40.2 Å². The van der Waals surface area contributed by atoms with Crippen LogP contribution in [0.5, 0.6) is 0 Å². The van der Waals surface area contributed by atoms with Crippen LogP contribution >= 0.6 is 11.8 Å². The summed E-state index contributed by atoms with van der Waals surface area (Å²) in [7, 11) is 1.29. The molecule has 4 rings (SSSR count). The number of carbonyl (C=O) groups is 2. The third-order valence-electron chi connectivity index (χ3n) is 5.68. The predicted molar refractivity (Wildman–Crippen MR) is 131 cm³/mol. The van der Waals surface area contributed by atoms with Gasteiger partial charge in [0.05, 0.1) is 53.1 Å². The summed E-state index contributed by atoms with van der Waals surface area (Å²) >= 11 is 1.15. The Kier molecular flexibility index (Phi) is 7.48. The molecule has 0 bridgehead atoms. The molecule has 0 spiro atoms. The quantitative estimate of drug-likeness (QED) is 0.303. The lowest BCUT2D eigenvalue weighted by Gasteiger charge is -2.18. The Hall–Kier alpha value is -3.68. The van der Waals surface area contributed by atoms with Crippen LogP contribution in [0.2, 0.25) is 0 Å². The molecule has 2 unspecified atom stereocenters. The minimum Gasteiger partial charge on any atom is -0.465 e. The number of hydrogen-bond acceptors (Lipinski definition) is 8. The topological polar surface area (TPSA) is 123 Å². The van der Waals surface area contributed by atoms with Gasteiger partial charge in [-0.05, 0) is 62.2 Å². The molecule has 10 heteroatoms. The summed E-state index contributed by atoms with van der Waals surface area (Å²) in [5, 5.41) is 11.9. The smallest absolute Gasteiger partial charge is 0.337 e. The highest BCUT2D eigenvalue weighted by atomic mass is 32.2. The molecule has 0 aliphatic carbocycles. The van der Waals surface area contributed by atoms with Crippen molar-refractivity contribution in [2.75, 3.05) is 19.0 Å². The number of ether oxygens (including phenoxy) is 2. The lowest BCUT2D eigenvalue weighted by Crippen LogP contribution is -2.30. The molecule has 1 saturated heterocycles. The number of methoxy groups -OCH3 is 1. The summed E-state index contributed by atoms with van der Waals surface area (Å²) < 4.78 is 12.1. The highest BCUT2D eigenvalue weighted by Gasteiger charge is 2.24. The molecule has 1 fully saturated rings. The van der Waals surface area contributed by atoms with Gasteiger partial charge in [0.15, 0.2) is 5.16 Å². The number of esters is 1. The van der Waals surface area contributed by atoms with Crippen molar-refractivity contribution in [2.24, 2.45) is 0 Å². The van der Waals surface area contributed by atoms with Crippen molar-refractivity contribution in [3.63, 3.8) is 0 Å². The normalized spacial score (nSPS) is 16.0. The van der Waals surface area contributed by atoms with E-state index in [1.165, 1.54) is 19.2 Å². The van der Waals surface area contributed by atoms with Crippen LogP contribution in [0.15, 0.2) is 52.4 Å². The minimum absolute atomic E-state index is 0.108. The maximum atomic E-state index is 13.4. The molecule has 9 nitrogen and oxygen atoms in total. The van der Waals surface area contributed by atoms with Gasteiger partial charge in [-0.3, -0.25) is 14.2 Å². The summed E-state index contributed by atoms with van der Waals surface area (Å²) in [5.74, 6) is -0.803. The molecule has 1 aromatic heterocycles. The van der Waals surface area contributed by atoms with Crippen LogP contribution in [0, 0.1) is 11.3 Å². The van der Waals surface area contributed by atoms with Gasteiger partial charge < -0.3 is 14.8 Å². The number of nitriles is 1. The number of aromatic nitrogens is 2. The molecule has 1 aliphatic heterocycles. The molecule has 1 aliphatic rings. The van der Waals surface area contributed by atoms with E-state index in [-0.39, 0.29) is 23.1 Å². The van der Waals surface area contributed by atoms with Gasteiger partial charge in [0.2, 0.25) is 5.91 Å². The molecule has 0 radical (unpaired) electrons. The monoisotopic (exact) mass is 492 g/mol. The van der Waals surface area contributed by atoms with E-state index in [0.29, 0.717) is 40.5 Å². The molecule has 3 aromatic rings. The van der Waals surface area contributed by atoms with Crippen LogP contribution in [0.4, 0.5) is 5.69 Å². The standard InChI is InChI=1S/C25H24N4O5S/c1-15(22(30)27-18-8-5-16(13-26)6-9-18)35-25-28-21-12-17(24(32)33-2)7-10-20(21)23(31)29(25)14-19-4-3-11-34-19/h5-10,12,15,19H,3-4,11,14H2,1-2H3,(H,27,30). The van der Waals surface area contributed by atoms with Crippen LogP contribution < -0.4 is 10.9 Å². The first kappa shape index (κ1) is 24.4. The summed E-state index contributed by atoms with van der Waals surface area (Å²) in [5.41, 5.74) is 1.43. The number of benzene rings is 2. The number of hydrogen-bond donors (Lipinski definition) is 1. The highest BCUT2D eigenvalue weighted by molar-refractivity contribution is 8.00. The Labute approximate surface area is 206 Å². The van der Waals surface area contributed by atoms with Gasteiger partial charge in [0.1, 0.15) is 0 Å². The van der Waals surface area contributed by atoms with E-state index < -0.39 is 11.2 Å². The van der Waals surface area contributed by atoms with Gasteiger partial charge in [-0.25, -0.2) is 9.78 Å². The van der Waals surface area contributed by atoms with E-state index in [9.17, 15) is 14.4 Å². The number of nitrogens with zero attached hydrogens (tertiary/aromatic N) is 3. The van der Waals surface area contributed by atoms with Gasteiger partial charge in [0.25, 0.3) is 5.56 Å².